The van der Waals surface area contributed by atoms with Crippen molar-refractivity contribution in [1.29, 1.82) is 0 Å². The number of guanidine groups is 1. The zero-order valence-corrected chi connectivity index (χ0v) is 16.2. The average molecular weight is 351 g/mol. The monoisotopic (exact) mass is 350 g/mol. The van der Waals surface area contributed by atoms with E-state index >= 15 is 0 Å². The lowest BCUT2D eigenvalue weighted by molar-refractivity contribution is 0.180. The normalized spacial score (nSPS) is 11.6. The van der Waals surface area contributed by atoms with Gasteiger partial charge in [0.1, 0.15) is 12.4 Å². The summed E-state index contributed by atoms with van der Waals surface area (Å²) in [5.74, 6) is 1.74. The van der Waals surface area contributed by atoms with Crippen molar-refractivity contribution >= 4 is 5.96 Å². The van der Waals surface area contributed by atoms with Gasteiger partial charge in [-0.1, -0.05) is 12.1 Å². The van der Waals surface area contributed by atoms with E-state index in [9.17, 15) is 0 Å². The largest absolute Gasteiger partial charge is 0.492 e. The second-order valence-electron chi connectivity index (χ2n) is 6.00. The number of rotatable bonds is 12. The number of nitrogens with one attached hydrogen (secondary N) is 2. The van der Waals surface area contributed by atoms with E-state index in [1.165, 1.54) is 5.56 Å². The number of hydrogen-bond donors (Lipinski definition) is 2. The predicted octanol–water partition coefficient (Wildman–Crippen LogP) is 1.90. The first-order chi connectivity index (χ1) is 12.2. The van der Waals surface area contributed by atoms with Crippen molar-refractivity contribution < 1.29 is 9.47 Å². The molecule has 0 saturated carbocycles. The minimum atomic E-state index is 0.602. The summed E-state index contributed by atoms with van der Waals surface area (Å²) in [7, 11) is 3.85. The van der Waals surface area contributed by atoms with E-state index in [4.69, 9.17) is 9.47 Å². The predicted molar refractivity (Wildman–Crippen MR) is 105 cm³/mol. The van der Waals surface area contributed by atoms with Crippen LogP contribution < -0.4 is 15.4 Å². The zero-order valence-electron chi connectivity index (χ0n) is 16.2. The Kier molecular flexibility index (Phi) is 11.5. The molecule has 0 amide bonds. The summed E-state index contributed by atoms with van der Waals surface area (Å²) in [6.45, 7) is 9.81. The van der Waals surface area contributed by atoms with Gasteiger partial charge < -0.3 is 25.0 Å². The van der Waals surface area contributed by atoms with Crippen LogP contribution in [0.2, 0.25) is 0 Å². The number of aliphatic imine (C=N–C) groups is 1. The lowest BCUT2D eigenvalue weighted by Crippen LogP contribution is -2.39. The number of methoxy groups -OCH3 is 1. The average Bonchev–Trinajstić information content (AvgIpc) is 2.59. The first kappa shape index (κ1) is 21.3. The third-order valence-electron chi connectivity index (χ3n) is 3.64. The number of aryl methyl sites for hydroxylation is 1. The quantitative estimate of drug-likeness (QED) is 0.343. The highest BCUT2D eigenvalue weighted by Crippen LogP contribution is 2.11. The van der Waals surface area contributed by atoms with Crippen LogP contribution in [0.5, 0.6) is 5.75 Å². The van der Waals surface area contributed by atoms with E-state index in [0.717, 1.165) is 50.9 Å². The highest BCUT2D eigenvalue weighted by molar-refractivity contribution is 5.79. The fourth-order valence-corrected chi connectivity index (χ4v) is 2.31. The highest BCUT2D eigenvalue weighted by Gasteiger charge is 2.00. The minimum absolute atomic E-state index is 0.602. The molecular formula is C19H34N4O2. The van der Waals surface area contributed by atoms with Gasteiger partial charge >= 0.3 is 0 Å². The maximum atomic E-state index is 5.75. The molecule has 0 saturated heterocycles. The first-order valence-corrected chi connectivity index (χ1v) is 9.04. The lowest BCUT2D eigenvalue weighted by Gasteiger charge is -2.16. The summed E-state index contributed by atoms with van der Waals surface area (Å²) < 4.78 is 10.8. The Hall–Kier alpha value is -1.79. The van der Waals surface area contributed by atoms with Gasteiger partial charge in [0.15, 0.2) is 5.96 Å². The number of nitrogens with zero attached hydrogens (tertiary/aromatic N) is 2. The Balaban J connectivity index is 2.25. The van der Waals surface area contributed by atoms with Crippen LogP contribution in [0.3, 0.4) is 0 Å². The summed E-state index contributed by atoms with van der Waals surface area (Å²) >= 11 is 0. The van der Waals surface area contributed by atoms with Crippen LogP contribution >= 0.6 is 0 Å². The SMILES string of the molecule is CCNC(=NCCN(C)CCCOC)NCCOc1cccc(C)c1. The summed E-state index contributed by atoms with van der Waals surface area (Å²) in [5, 5.41) is 6.57. The Morgan fingerprint density at radius 1 is 1.20 bits per heavy atom. The molecule has 0 heterocycles. The molecule has 6 nitrogen and oxygen atoms in total. The molecule has 0 atom stereocenters. The summed E-state index contributed by atoms with van der Waals surface area (Å²) in [6.07, 6.45) is 1.05. The van der Waals surface area contributed by atoms with Crippen LogP contribution in [0.4, 0.5) is 0 Å². The van der Waals surface area contributed by atoms with Gasteiger partial charge in [-0.2, -0.15) is 0 Å². The molecule has 0 aliphatic carbocycles. The van der Waals surface area contributed by atoms with Crippen LogP contribution in [-0.4, -0.2) is 71.0 Å². The van der Waals surface area contributed by atoms with Gasteiger partial charge in [0.2, 0.25) is 0 Å². The summed E-state index contributed by atoms with van der Waals surface area (Å²) in [4.78, 5) is 6.88. The van der Waals surface area contributed by atoms with Crippen LogP contribution in [0, 0.1) is 6.92 Å². The standard InChI is InChI=1S/C19H34N4O2/c1-5-20-19(21-10-13-23(3)12-7-14-24-4)22-11-15-25-18-9-6-8-17(2)16-18/h6,8-9,16H,5,7,10-15H2,1-4H3,(H2,20,21,22). The Morgan fingerprint density at radius 2 is 2.04 bits per heavy atom. The molecule has 6 heteroatoms. The van der Waals surface area contributed by atoms with E-state index in [1.807, 2.05) is 18.2 Å². The number of ether oxygens (including phenoxy) is 2. The molecule has 0 radical (unpaired) electrons. The molecule has 142 valence electrons. The van der Waals surface area contributed by atoms with Gasteiger partial charge in [-0.3, -0.25) is 4.99 Å². The summed E-state index contributed by atoms with van der Waals surface area (Å²) in [6, 6.07) is 8.09. The molecule has 0 fully saturated rings. The van der Waals surface area contributed by atoms with E-state index in [0.29, 0.717) is 13.2 Å². The maximum absolute atomic E-state index is 5.75. The van der Waals surface area contributed by atoms with Gasteiger partial charge in [-0.15, -0.1) is 0 Å². The van der Waals surface area contributed by atoms with Crippen molar-refractivity contribution in [3.63, 3.8) is 0 Å². The molecule has 25 heavy (non-hydrogen) atoms. The minimum Gasteiger partial charge on any atom is -0.492 e. The van der Waals surface area contributed by atoms with E-state index in [2.05, 4.69) is 47.5 Å². The van der Waals surface area contributed by atoms with Gasteiger partial charge in [0.05, 0.1) is 13.1 Å². The number of benzene rings is 1. The molecule has 1 rings (SSSR count). The Morgan fingerprint density at radius 3 is 2.76 bits per heavy atom. The molecular weight excluding hydrogens is 316 g/mol. The maximum Gasteiger partial charge on any atom is 0.191 e. The molecule has 1 aromatic carbocycles. The Labute approximate surface area is 152 Å². The van der Waals surface area contributed by atoms with E-state index in [-0.39, 0.29) is 0 Å². The molecule has 1 aromatic rings. The smallest absolute Gasteiger partial charge is 0.191 e. The Bertz CT molecular complexity index is 494. The van der Waals surface area contributed by atoms with Crippen LogP contribution in [0.15, 0.2) is 29.3 Å². The first-order valence-electron chi connectivity index (χ1n) is 9.04. The fraction of sp³-hybridized carbons (Fsp3) is 0.632. The fourth-order valence-electron chi connectivity index (χ4n) is 2.31. The topological polar surface area (TPSA) is 58.1 Å². The van der Waals surface area contributed by atoms with Crippen molar-refractivity contribution in [1.82, 2.24) is 15.5 Å². The second kappa shape index (κ2) is 13.5. The molecule has 0 aliphatic rings. The third-order valence-corrected chi connectivity index (χ3v) is 3.64. The van der Waals surface area contributed by atoms with E-state index < -0.39 is 0 Å². The van der Waals surface area contributed by atoms with Crippen LogP contribution in [-0.2, 0) is 4.74 Å². The third kappa shape index (κ3) is 10.6. The number of hydrogen-bond acceptors (Lipinski definition) is 4. The van der Waals surface area contributed by atoms with Crippen molar-refractivity contribution in [3.8, 4) is 5.75 Å². The van der Waals surface area contributed by atoms with Gasteiger partial charge in [-0.05, 0) is 45.0 Å². The van der Waals surface area contributed by atoms with Crippen LogP contribution in [0.25, 0.3) is 0 Å². The highest BCUT2D eigenvalue weighted by atomic mass is 16.5. The van der Waals surface area contributed by atoms with Crippen molar-refractivity contribution in [2.24, 2.45) is 4.99 Å². The van der Waals surface area contributed by atoms with Gasteiger partial charge in [-0.25, -0.2) is 0 Å². The van der Waals surface area contributed by atoms with Gasteiger partial charge in [0, 0.05) is 33.4 Å². The lowest BCUT2D eigenvalue weighted by atomic mass is 10.2. The molecule has 0 unspecified atom stereocenters. The molecule has 0 bridgehead atoms. The zero-order chi connectivity index (χ0) is 18.3. The molecule has 0 spiro atoms. The molecule has 0 aliphatic heterocycles. The van der Waals surface area contributed by atoms with Crippen molar-refractivity contribution in [2.45, 2.75) is 20.3 Å². The van der Waals surface area contributed by atoms with Crippen LogP contribution in [0.1, 0.15) is 18.9 Å². The van der Waals surface area contributed by atoms with Crippen molar-refractivity contribution in [2.75, 3.05) is 60.1 Å². The van der Waals surface area contributed by atoms with Crippen molar-refractivity contribution in [3.05, 3.63) is 29.8 Å². The van der Waals surface area contributed by atoms with E-state index in [1.54, 1.807) is 7.11 Å². The number of likely N-dealkylation sites (N-methyl/N-ethyl adjacent to an activating group) is 1. The summed E-state index contributed by atoms with van der Waals surface area (Å²) in [5.41, 5.74) is 1.20. The molecule has 0 aromatic heterocycles. The second-order valence-corrected chi connectivity index (χ2v) is 6.00. The molecule has 2 N–H and O–H groups in total. The van der Waals surface area contributed by atoms with Gasteiger partial charge in [0.25, 0.3) is 0 Å².